The minimum atomic E-state index is -0.278. The molecule has 0 unspecified atom stereocenters. The van der Waals surface area contributed by atoms with Crippen molar-refractivity contribution in [3.05, 3.63) is 65.2 Å². The summed E-state index contributed by atoms with van der Waals surface area (Å²) in [6.45, 7) is 8.42. The van der Waals surface area contributed by atoms with Crippen LogP contribution in [0.5, 0.6) is 5.75 Å². The molecular formula is C26H36N4O3. The highest BCUT2D eigenvalue weighted by Crippen LogP contribution is 2.13. The molecule has 1 saturated heterocycles. The smallest absolute Gasteiger partial charge is 0.251 e. The molecular weight excluding hydrogens is 416 g/mol. The van der Waals surface area contributed by atoms with Gasteiger partial charge in [-0.05, 0) is 48.9 Å². The fraction of sp³-hybridized carbons (Fsp3) is 0.462. The van der Waals surface area contributed by atoms with Crippen LogP contribution >= 0.6 is 0 Å². The molecule has 1 heterocycles. The fourth-order valence-electron chi connectivity index (χ4n) is 3.66. The van der Waals surface area contributed by atoms with Crippen molar-refractivity contribution in [1.82, 2.24) is 20.4 Å². The van der Waals surface area contributed by atoms with Crippen LogP contribution in [0.4, 0.5) is 0 Å². The Balaban J connectivity index is 1.39. The summed E-state index contributed by atoms with van der Waals surface area (Å²) in [6, 6.07) is 15.3. The molecule has 1 fully saturated rings. The number of hydrogen-bond donors (Lipinski definition) is 2. The normalized spacial score (nSPS) is 14.6. The maximum absolute atomic E-state index is 12.3. The number of piperazine rings is 1. The molecule has 3 rings (SSSR count). The minimum absolute atomic E-state index is 0.0609. The van der Waals surface area contributed by atoms with Crippen LogP contribution < -0.4 is 15.4 Å². The lowest BCUT2D eigenvalue weighted by Gasteiger charge is -2.32. The number of amides is 2. The van der Waals surface area contributed by atoms with Crippen molar-refractivity contribution < 1.29 is 14.3 Å². The lowest BCUT2D eigenvalue weighted by atomic mass is 10.1. The number of likely N-dealkylation sites (N-methyl/N-ethyl adjacent to an activating group) is 1. The molecule has 0 radical (unpaired) electrons. The van der Waals surface area contributed by atoms with Crippen molar-refractivity contribution in [2.45, 2.75) is 32.9 Å². The first-order valence-corrected chi connectivity index (χ1v) is 11.8. The van der Waals surface area contributed by atoms with Crippen LogP contribution in [-0.2, 0) is 17.9 Å². The van der Waals surface area contributed by atoms with Gasteiger partial charge in [0.1, 0.15) is 5.75 Å². The zero-order chi connectivity index (χ0) is 23.5. The highest BCUT2D eigenvalue weighted by atomic mass is 16.5. The van der Waals surface area contributed by atoms with Crippen LogP contribution in [0.25, 0.3) is 0 Å². The topological polar surface area (TPSA) is 73.9 Å². The molecule has 178 valence electrons. The van der Waals surface area contributed by atoms with E-state index in [-0.39, 0.29) is 18.4 Å². The van der Waals surface area contributed by atoms with Crippen molar-refractivity contribution in [1.29, 1.82) is 0 Å². The average Bonchev–Trinajstić information content (AvgIpc) is 2.83. The molecule has 0 spiro atoms. The van der Waals surface area contributed by atoms with Gasteiger partial charge in [-0.1, -0.05) is 37.6 Å². The SMILES string of the molecule is CCCCOc1ccc(C(=O)NCC(=O)NCc2cccc(CN3CCN(C)CC3)c2)cc1. The summed E-state index contributed by atoms with van der Waals surface area (Å²) in [6.07, 6.45) is 2.07. The molecule has 2 N–H and O–H groups in total. The minimum Gasteiger partial charge on any atom is -0.494 e. The predicted octanol–water partition coefficient (Wildman–Crippen LogP) is 2.66. The number of hydrogen-bond acceptors (Lipinski definition) is 5. The molecule has 7 nitrogen and oxygen atoms in total. The van der Waals surface area contributed by atoms with E-state index in [1.165, 1.54) is 5.56 Å². The van der Waals surface area contributed by atoms with Gasteiger partial charge < -0.3 is 20.3 Å². The molecule has 0 aliphatic carbocycles. The molecule has 2 aromatic carbocycles. The second-order valence-corrected chi connectivity index (χ2v) is 8.59. The number of carbonyl (C=O) groups excluding carboxylic acids is 2. The summed E-state index contributed by atoms with van der Waals surface area (Å²) in [7, 11) is 2.16. The van der Waals surface area contributed by atoms with Gasteiger partial charge in [0.15, 0.2) is 0 Å². The van der Waals surface area contributed by atoms with E-state index in [0.717, 1.165) is 56.9 Å². The molecule has 1 aliphatic rings. The van der Waals surface area contributed by atoms with E-state index in [0.29, 0.717) is 18.7 Å². The molecule has 2 amide bonds. The lowest BCUT2D eigenvalue weighted by molar-refractivity contribution is -0.120. The van der Waals surface area contributed by atoms with Gasteiger partial charge in [0.25, 0.3) is 5.91 Å². The standard InChI is InChI=1S/C26H36N4O3/c1-3-4-16-33-24-10-8-23(9-11-24)26(32)28-19-25(31)27-18-21-6-5-7-22(17-21)20-30-14-12-29(2)13-15-30/h5-11,17H,3-4,12-16,18-20H2,1-2H3,(H,27,31)(H,28,32). The van der Waals surface area contributed by atoms with E-state index in [1.807, 2.05) is 12.1 Å². The summed E-state index contributed by atoms with van der Waals surface area (Å²) >= 11 is 0. The average molecular weight is 453 g/mol. The molecule has 0 aromatic heterocycles. The van der Waals surface area contributed by atoms with Gasteiger partial charge in [-0.3, -0.25) is 14.5 Å². The van der Waals surface area contributed by atoms with Crippen LogP contribution in [0.1, 0.15) is 41.3 Å². The number of benzene rings is 2. The Bertz CT molecular complexity index is 893. The quantitative estimate of drug-likeness (QED) is 0.513. The van der Waals surface area contributed by atoms with E-state index < -0.39 is 0 Å². The molecule has 1 aliphatic heterocycles. The van der Waals surface area contributed by atoms with Crippen LogP contribution in [0, 0.1) is 0 Å². The molecule has 0 atom stereocenters. The largest absolute Gasteiger partial charge is 0.494 e. The van der Waals surface area contributed by atoms with Crippen molar-refractivity contribution in [2.24, 2.45) is 0 Å². The highest BCUT2D eigenvalue weighted by molar-refractivity contribution is 5.96. The van der Waals surface area contributed by atoms with Crippen molar-refractivity contribution in [3.63, 3.8) is 0 Å². The number of nitrogens with one attached hydrogen (secondary N) is 2. The number of carbonyl (C=O) groups is 2. The third kappa shape index (κ3) is 8.51. The first kappa shape index (κ1) is 24.7. The van der Waals surface area contributed by atoms with Crippen molar-refractivity contribution in [2.75, 3.05) is 46.4 Å². The van der Waals surface area contributed by atoms with Crippen LogP contribution in [0.15, 0.2) is 48.5 Å². The number of rotatable bonds is 11. The third-order valence-electron chi connectivity index (χ3n) is 5.78. The Hall–Kier alpha value is -2.90. The van der Waals surface area contributed by atoms with Gasteiger partial charge in [-0.2, -0.15) is 0 Å². The first-order valence-electron chi connectivity index (χ1n) is 11.8. The Kier molecular flexibility index (Phi) is 9.72. The van der Waals surface area contributed by atoms with Crippen LogP contribution in [-0.4, -0.2) is 68.0 Å². The second kappa shape index (κ2) is 13.0. The van der Waals surface area contributed by atoms with Gasteiger partial charge in [0, 0.05) is 44.8 Å². The van der Waals surface area contributed by atoms with Gasteiger partial charge in [-0.25, -0.2) is 0 Å². The van der Waals surface area contributed by atoms with Gasteiger partial charge in [-0.15, -0.1) is 0 Å². The van der Waals surface area contributed by atoms with E-state index in [4.69, 9.17) is 4.74 Å². The Morgan fingerprint density at radius 2 is 1.70 bits per heavy atom. The lowest BCUT2D eigenvalue weighted by Crippen LogP contribution is -2.43. The van der Waals surface area contributed by atoms with Crippen molar-refractivity contribution in [3.8, 4) is 5.75 Å². The Labute approximate surface area is 197 Å². The fourth-order valence-corrected chi connectivity index (χ4v) is 3.66. The van der Waals surface area contributed by atoms with E-state index >= 15 is 0 Å². The van der Waals surface area contributed by atoms with Crippen LogP contribution in [0.3, 0.4) is 0 Å². The summed E-state index contributed by atoms with van der Waals surface area (Å²) in [5.74, 6) is 0.249. The number of nitrogens with zero attached hydrogens (tertiary/aromatic N) is 2. The summed E-state index contributed by atoms with van der Waals surface area (Å²) in [5, 5.41) is 5.56. The summed E-state index contributed by atoms with van der Waals surface area (Å²) in [4.78, 5) is 29.3. The monoisotopic (exact) mass is 452 g/mol. The molecule has 7 heteroatoms. The maximum Gasteiger partial charge on any atom is 0.251 e. The highest BCUT2D eigenvalue weighted by Gasteiger charge is 2.14. The molecule has 0 saturated carbocycles. The zero-order valence-electron chi connectivity index (χ0n) is 19.8. The number of unbranched alkanes of at least 4 members (excludes halogenated alkanes) is 1. The third-order valence-corrected chi connectivity index (χ3v) is 5.78. The molecule has 2 aromatic rings. The van der Waals surface area contributed by atoms with E-state index in [9.17, 15) is 9.59 Å². The Morgan fingerprint density at radius 3 is 2.42 bits per heavy atom. The first-order chi connectivity index (χ1) is 16.0. The number of ether oxygens (including phenoxy) is 1. The Morgan fingerprint density at radius 1 is 0.970 bits per heavy atom. The predicted molar refractivity (Wildman–Crippen MR) is 130 cm³/mol. The van der Waals surface area contributed by atoms with Gasteiger partial charge >= 0.3 is 0 Å². The summed E-state index contributed by atoms with van der Waals surface area (Å²) in [5.41, 5.74) is 2.81. The van der Waals surface area contributed by atoms with E-state index in [1.54, 1.807) is 24.3 Å². The van der Waals surface area contributed by atoms with Crippen molar-refractivity contribution >= 4 is 11.8 Å². The van der Waals surface area contributed by atoms with Gasteiger partial charge in [0.2, 0.25) is 5.91 Å². The molecule has 0 bridgehead atoms. The maximum atomic E-state index is 12.3. The summed E-state index contributed by atoms with van der Waals surface area (Å²) < 4.78 is 5.61. The van der Waals surface area contributed by atoms with Crippen LogP contribution in [0.2, 0.25) is 0 Å². The van der Waals surface area contributed by atoms with E-state index in [2.05, 4.69) is 46.5 Å². The zero-order valence-corrected chi connectivity index (χ0v) is 19.8. The second-order valence-electron chi connectivity index (χ2n) is 8.59. The molecule has 33 heavy (non-hydrogen) atoms. The van der Waals surface area contributed by atoms with Gasteiger partial charge in [0.05, 0.1) is 13.2 Å².